The van der Waals surface area contributed by atoms with Gasteiger partial charge in [-0.3, -0.25) is 9.59 Å². The van der Waals surface area contributed by atoms with Crippen LogP contribution in [-0.2, 0) is 11.3 Å². The fourth-order valence-electron chi connectivity index (χ4n) is 2.85. The second-order valence-electron chi connectivity index (χ2n) is 6.64. The van der Waals surface area contributed by atoms with E-state index in [1.807, 2.05) is 32.9 Å². The number of anilines is 1. The van der Waals surface area contributed by atoms with Gasteiger partial charge in [0.25, 0.3) is 5.56 Å². The average Bonchev–Trinajstić information content (AvgIpc) is 2.63. The number of hydrogen-bond donors (Lipinski definition) is 1. The van der Waals surface area contributed by atoms with Crippen LogP contribution < -0.4 is 10.9 Å². The third-order valence-corrected chi connectivity index (χ3v) is 4.48. The number of aromatic nitrogens is 2. The van der Waals surface area contributed by atoms with Gasteiger partial charge < -0.3 is 5.32 Å². The summed E-state index contributed by atoms with van der Waals surface area (Å²) in [7, 11) is 0. The number of aryl methyl sites for hydroxylation is 3. The van der Waals surface area contributed by atoms with Crippen LogP contribution in [0.3, 0.4) is 0 Å². The Morgan fingerprint density at radius 3 is 2.39 bits per heavy atom. The van der Waals surface area contributed by atoms with Crippen LogP contribution in [0.15, 0.2) is 47.3 Å². The number of halogens is 2. The molecule has 0 saturated carbocycles. The molecule has 28 heavy (non-hydrogen) atoms. The third-order valence-electron chi connectivity index (χ3n) is 4.48. The van der Waals surface area contributed by atoms with Crippen molar-refractivity contribution in [1.29, 1.82) is 0 Å². The standard InChI is InChI=1S/C21H19F2N3O2/c1-12-8-14(3)16(9-13(12)2)19-6-7-21(28)26(25-19)11-20(27)24-15-4-5-17(22)18(23)10-15/h4-10H,11H2,1-3H3,(H,24,27). The lowest BCUT2D eigenvalue weighted by molar-refractivity contribution is -0.117. The van der Waals surface area contributed by atoms with Gasteiger partial charge in [-0.25, -0.2) is 13.5 Å². The highest BCUT2D eigenvalue weighted by Gasteiger charge is 2.12. The van der Waals surface area contributed by atoms with Gasteiger partial charge in [-0.1, -0.05) is 6.07 Å². The summed E-state index contributed by atoms with van der Waals surface area (Å²) >= 11 is 0. The van der Waals surface area contributed by atoms with Gasteiger partial charge in [0.15, 0.2) is 11.6 Å². The molecule has 0 radical (unpaired) electrons. The molecule has 144 valence electrons. The number of nitrogens with one attached hydrogen (secondary N) is 1. The van der Waals surface area contributed by atoms with Crippen molar-refractivity contribution in [3.8, 4) is 11.3 Å². The predicted molar refractivity (Wildman–Crippen MR) is 103 cm³/mol. The van der Waals surface area contributed by atoms with Gasteiger partial charge in [-0.05, 0) is 61.7 Å². The summed E-state index contributed by atoms with van der Waals surface area (Å²) < 4.78 is 27.3. The Kier molecular flexibility index (Phi) is 5.35. The summed E-state index contributed by atoms with van der Waals surface area (Å²) in [5, 5.41) is 6.72. The first-order chi connectivity index (χ1) is 13.2. The Morgan fingerprint density at radius 1 is 0.964 bits per heavy atom. The summed E-state index contributed by atoms with van der Waals surface area (Å²) in [6.07, 6.45) is 0. The molecular weight excluding hydrogens is 364 g/mol. The van der Waals surface area contributed by atoms with Crippen molar-refractivity contribution in [3.05, 3.63) is 81.1 Å². The lowest BCUT2D eigenvalue weighted by atomic mass is 9.99. The van der Waals surface area contributed by atoms with Crippen molar-refractivity contribution in [2.24, 2.45) is 0 Å². The summed E-state index contributed by atoms with van der Waals surface area (Å²) in [5.41, 5.74) is 4.35. The van der Waals surface area contributed by atoms with Crippen molar-refractivity contribution < 1.29 is 13.6 Å². The van der Waals surface area contributed by atoms with Gasteiger partial charge >= 0.3 is 0 Å². The molecule has 0 aliphatic carbocycles. The van der Waals surface area contributed by atoms with E-state index < -0.39 is 23.1 Å². The number of rotatable bonds is 4. The first kappa shape index (κ1) is 19.4. The second-order valence-corrected chi connectivity index (χ2v) is 6.64. The van der Waals surface area contributed by atoms with E-state index in [0.717, 1.165) is 39.1 Å². The summed E-state index contributed by atoms with van der Waals surface area (Å²) in [5.74, 6) is -2.65. The SMILES string of the molecule is Cc1cc(C)c(-c2ccc(=O)n(CC(=O)Nc3ccc(F)c(F)c3)n2)cc1C. The molecule has 0 aliphatic heterocycles. The Bertz CT molecular complexity index is 1120. The summed E-state index contributed by atoms with van der Waals surface area (Å²) in [6.45, 7) is 5.61. The molecule has 0 aliphatic rings. The van der Waals surface area contributed by atoms with E-state index in [0.29, 0.717) is 5.69 Å². The molecule has 1 N–H and O–H groups in total. The van der Waals surface area contributed by atoms with Crippen LogP contribution in [0.25, 0.3) is 11.3 Å². The molecule has 0 atom stereocenters. The minimum atomic E-state index is -1.07. The van der Waals surface area contributed by atoms with Crippen molar-refractivity contribution in [1.82, 2.24) is 9.78 Å². The van der Waals surface area contributed by atoms with E-state index >= 15 is 0 Å². The van der Waals surface area contributed by atoms with Crippen LogP contribution >= 0.6 is 0 Å². The quantitative estimate of drug-likeness (QED) is 0.746. The number of carbonyl (C=O) groups excluding carboxylic acids is 1. The highest BCUT2D eigenvalue weighted by Crippen LogP contribution is 2.24. The molecule has 1 heterocycles. The van der Waals surface area contributed by atoms with Gasteiger partial charge in [0.2, 0.25) is 5.91 Å². The molecule has 2 aromatic carbocycles. The maximum absolute atomic E-state index is 13.3. The molecule has 0 bridgehead atoms. The maximum atomic E-state index is 13.3. The number of amides is 1. The molecule has 0 saturated heterocycles. The lowest BCUT2D eigenvalue weighted by Crippen LogP contribution is -2.29. The maximum Gasteiger partial charge on any atom is 0.267 e. The predicted octanol–water partition coefficient (Wildman–Crippen LogP) is 3.75. The fraction of sp³-hybridized carbons (Fsp3) is 0.190. The highest BCUT2D eigenvalue weighted by molar-refractivity contribution is 5.90. The Hall–Kier alpha value is -3.35. The van der Waals surface area contributed by atoms with E-state index in [-0.39, 0.29) is 12.2 Å². The van der Waals surface area contributed by atoms with Crippen molar-refractivity contribution in [3.63, 3.8) is 0 Å². The first-order valence-electron chi connectivity index (χ1n) is 8.66. The molecular formula is C21H19F2N3O2. The van der Waals surface area contributed by atoms with Crippen LogP contribution in [0.2, 0.25) is 0 Å². The Morgan fingerprint density at radius 2 is 1.68 bits per heavy atom. The number of hydrogen-bond acceptors (Lipinski definition) is 3. The largest absolute Gasteiger partial charge is 0.324 e. The monoisotopic (exact) mass is 383 g/mol. The van der Waals surface area contributed by atoms with Crippen LogP contribution in [0, 0.1) is 32.4 Å². The van der Waals surface area contributed by atoms with Crippen LogP contribution in [-0.4, -0.2) is 15.7 Å². The van der Waals surface area contributed by atoms with Crippen molar-refractivity contribution in [2.45, 2.75) is 27.3 Å². The summed E-state index contributed by atoms with van der Waals surface area (Å²) in [4.78, 5) is 24.3. The molecule has 5 nitrogen and oxygen atoms in total. The molecule has 7 heteroatoms. The molecule has 3 aromatic rings. The fourth-order valence-corrected chi connectivity index (χ4v) is 2.85. The smallest absolute Gasteiger partial charge is 0.267 e. The van der Waals surface area contributed by atoms with Gasteiger partial charge in [-0.2, -0.15) is 5.10 Å². The highest BCUT2D eigenvalue weighted by atomic mass is 19.2. The van der Waals surface area contributed by atoms with Crippen molar-refractivity contribution >= 4 is 11.6 Å². The molecule has 0 unspecified atom stereocenters. The molecule has 0 fully saturated rings. The molecule has 1 amide bonds. The minimum absolute atomic E-state index is 0.0955. The minimum Gasteiger partial charge on any atom is -0.324 e. The van der Waals surface area contributed by atoms with Gasteiger partial charge in [-0.15, -0.1) is 0 Å². The zero-order chi connectivity index (χ0) is 20.4. The third kappa shape index (κ3) is 4.14. The topological polar surface area (TPSA) is 64.0 Å². The van der Waals surface area contributed by atoms with E-state index in [2.05, 4.69) is 10.4 Å². The van der Waals surface area contributed by atoms with E-state index in [1.165, 1.54) is 12.1 Å². The molecule has 3 rings (SSSR count). The van der Waals surface area contributed by atoms with Crippen molar-refractivity contribution in [2.75, 3.05) is 5.32 Å². The Balaban J connectivity index is 1.86. The van der Waals surface area contributed by atoms with Crippen LogP contribution in [0.1, 0.15) is 16.7 Å². The van der Waals surface area contributed by atoms with E-state index in [4.69, 9.17) is 0 Å². The van der Waals surface area contributed by atoms with Gasteiger partial charge in [0.05, 0.1) is 5.69 Å². The van der Waals surface area contributed by atoms with Gasteiger partial charge in [0, 0.05) is 23.4 Å². The number of nitrogens with zero attached hydrogens (tertiary/aromatic N) is 2. The van der Waals surface area contributed by atoms with Crippen LogP contribution in [0.4, 0.5) is 14.5 Å². The summed E-state index contributed by atoms with van der Waals surface area (Å²) in [6, 6.07) is 10.0. The first-order valence-corrected chi connectivity index (χ1v) is 8.66. The molecule has 0 spiro atoms. The van der Waals surface area contributed by atoms with E-state index in [1.54, 1.807) is 6.07 Å². The number of benzene rings is 2. The van der Waals surface area contributed by atoms with Gasteiger partial charge in [0.1, 0.15) is 6.54 Å². The second kappa shape index (κ2) is 7.72. The molecule has 1 aromatic heterocycles. The number of carbonyl (C=O) groups is 1. The van der Waals surface area contributed by atoms with E-state index in [9.17, 15) is 18.4 Å². The average molecular weight is 383 g/mol. The zero-order valence-electron chi connectivity index (χ0n) is 15.7. The van der Waals surface area contributed by atoms with Crippen LogP contribution in [0.5, 0.6) is 0 Å². The zero-order valence-corrected chi connectivity index (χ0v) is 15.7. The lowest BCUT2D eigenvalue weighted by Gasteiger charge is -2.11. The Labute approximate surface area is 160 Å². The normalized spacial score (nSPS) is 10.8.